The molecule has 158 valence electrons. The van der Waals surface area contributed by atoms with E-state index in [0.29, 0.717) is 42.6 Å². The van der Waals surface area contributed by atoms with Crippen LogP contribution < -0.4 is 24.7 Å². The molecule has 0 heterocycles. The highest BCUT2D eigenvalue weighted by Crippen LogP contribution is 2.39. The van der Waals surface area contributed by atoms with Gasteiger partial charge in [-0.15, -0.1) is 0 Å². The Kier molecular flexibility index (Phi) is 7.86. The number of ether oxygens (including phenoxy) is 3. The molecule has 0 aliphatic heterocycles. The first-order chi connectivity index (χ1) is 13.8. The maximum Gasteiger partial charge on any atom is 0.251 e. The van der Waals surface area contributed by atoms with E-state index in [1.807, 2.05) is 20.8 Å². The highest BCUT2D eigenvalue weighted by atomic mass is 32.2. The number of sulfonamides is 1. The van der Waals surface area contributed by atoms with Crippen molar-refractivity contribution in [1.82, 2.24) is 5.32 Å². The first-order valence-corrected chi connectivity index (χ1v) is 10.8. The van der Waals surface area contributed by atoms with Gasteiger partial charge >= 0.3 is 0 Å². The van der Waals surface area contributed by atoms with E-state index < -0.39 is 10.0 Å². The minimum Gasteiger partial charge on any atom is -0.490 e. The number of amides is 1. The molecule has 0 aliphatic rings. The van der Waals surface area contributed by atoms with Crippen LogP contribution in [-0.4, -0.2) is 34.1 Å². The van der Waals surface area contributed by atoms with Crippen LogP contribution in [0, 0.1) is 0 Å². The number of nitrogens with two attached hydrogens (primary N) is 1. The normalized spacial score (nSPS) is 11.0. The van der Waals surface area contributed by atoms with Gasteiger partial charge in [-0.2, -0.15) is 0 Å². The molecule has 0 aromatic heterocycles. The second-order valence-electron chi connectivity index (χ2n) is 5.97. The van der Waals surface area contributed by atoms with Crippen LogP contribution in [0.3, 0.4) is 0 Å². The van der Waals surface area contributed by atoms with E-state index in [4.69, 9.17) is 19.3 Å². The molecule has 0 fully saturated rings. The highest BCUT2D eigenvalue weighted by molar-refractivity contribution is 7.89. The fraction of sp³-hybridized carbons (Fsp3) is 0.350. The Balaban J connectivity index is 2.20. The standard InChI is InChI=1S/C20H26N2O6S/c1-4-26-17-11-15(12-18(27-5-2)19(17)28-6-3)20(23)22-13-14-7-9-16(10-8-14)29(21,24)25/h7-12H,4-6,13H2,1-3H3,(H,22,23)(H2,21,24,25). The number of benzene rings is 2. The number of nitrogens with one attached hydrogen (secondary N) is 1. The quantitative estimate of drug-likeness (QED) is 0.607. The lowest BCUT2D eigenvalue weighted by Crippen LogP contribution is -2.23. The zero-order valence-corrected chi connectivity index (χ0v) is 17.5. The highest BCUT2D eigenvalue weighted by Gasteiger charge is 2.18. The monoisotopic (exact) mass is 422 g/mol. The molecule has 0 saturated carbocycles. The third-order valence-corrected chi connectivity index (χ3v) is 4.81. The van der Waals surface area contributed by atoms with Crippen LogP contribution in [0.4, 0.5) is 0 Å². The Morgan fingerprint density at radius 1 is 0.931 bits per heavy atom. The summed E-state index contributed by atoms with van der Waals surface area (Å²) in [6, 6.07) is 9.19. The topological polar surface area (TPSA) is 117 Å². The third kappa shape index (κ3) is 6.10. The molecule has 0 bridgehead atoms. The molecule has 9 heteroatoms. The van der Waals surface area contributed by atoms with Crippen molar-refractivity contribution in [2.45, 2.75) is 32.2 Å². The summed E-state index contributed by atoms with van der Waals surface area (Å²) in [5.74, 6) is 1.00. The van der Waals surface area contributed by atoms with E-state index in [1.54, 1.807) is 24.3 Å². The summed E-state index contributed by atoms with van der Waals surface area (Å²) < 4.78 is 39.5. The number of carbonyl (C=O) groups excluding carboxylic acids is 1. The summed E-state index contributed by atoms with van der Waals surface area (Å²) in [7, 11) is -3.75. The first-order valence-electron chi connectivity index (χ1n) is 9.26. The van der Waals surface area contributed by atoms with Gasteiger partial charge in [0, 0.05) is 12.1 Å². The van der Waals surface area contributed by atoms with Gasteiger partial charge in [-0.25, -0.2) is 13.6 Å². The molecule has 0 aliphatic carbocycles. The molecule has 3 N–H and O–H groups in total. The molecule has 2 aromatic carbocycles. The number of rotatable bonds is 10. The summed E-state index contributed by atoms with van der Waals surface area (Å²) in [4.78, 5) is 12.7. The maximum atomic E-state index is 12.6. The third-order valence-electron chi connectivity index (χ3n) is 3.88. The van der Waals surface area contributed by atoms with Crippen molar-refractivity contribution < 1.29 is 27.4 Å². The lowest BCUT2D eigenvalue weighted by atomic mass is 10.1. The van der Waals surface area contributed by atoms with Crippen LogP contribution in [0.1, 0.15) is 36.7 Å². The molecule has 0 spiro atoms. The van der Waals surface area contributed by atoms with Gasteiger partial charge in [0.2, 0.25) is 15.8 Å². The average Bonchev–Trinajstić information content (AvgIpc) is 2.68. The molecule has 0 radical (unpaired) electrons. The van der Waals surface area contributed by atoms with Gasteiger partial charge in [0.1, 0.15) is 0 Å². The zero-order valence-electron chi connectivity index (χ0n) is 16.7. The predicted molar refractivity (Wildman–Crippen MR) is 109 cm³/mol. The predicted octanol–water partition coefficient (Wildman–Crippen LogP) is 2.46. The van der Waals surface area contributed by atoms with E-state index in [0.717, 1.165) is 5.56 Å². The molecule has 0 atom stereocenters. The van der Waals surface area contributed by atoms with Gasteiger partial charge in [-0.3, -0.25) is 4.79 Å². The van der Waals surface area contributed by atoms with Crippen molar-refractivity contribution in [1.29, 1.82) is 0 Å². The van der Waals surface area contributed by atoms with E-state index in [1.165, 1.54) is 12.1 Å². The molecule has 8 nitrogen and oxygen atoms in total. The lowest BCUT2D eigenvalue weighted by Gasteiger charge is -2.17. The Morgan fingerprint density at radius 3 is 1.90 bits per heavy atom. The van der Waals surface area contributed by atoms with Crippen molar-refractivity contribution in [3.8, 4) is 17.2 Å². The van der Waals surface area contributed by atoms with Crippen LogP contribution in [-0.2, 0) is 16.6 Å². The maximum absolute atomic E-state index is 12.6. The van der Waals surface area contributed by atoms with Crippen LogP contribution in [0.25, 0.3) is 0 Å². The Bertz CT molecular complexity index is 915. The molecule has 29 heavy (non-hydrogen) atoms. The van der Waals surface area contributed by atoms with Gasteiger partial charge in [0.15, 0.2) is 11.5 Å². The zero-order chi connectivity index (χ0) is 21.4. The lowest BCUT2D eigenvalue weighted by molar-refractivity contribution is 0.0949. The van der Waals surface area contributed by atoms with Crippen molar-refractivity contribution in [2.75, 3.05) is 19.8 Å². The van der Waals surface area contributed by atoms with Crippen molar-refractivity contribution in [3.05, 3.63) is 47.5 Å². The molecule has 0 saturated heterocycles. The second-order valence-corrected chi connectivity index (χ2v) is 7.53. The summed E-state index contributed by atoms with van der Waals surface area (Å²) >= 11 is 0. The van der Waals surface area contributed by atoms with Gasteiger partial charge in [0.05, 0.1) is 24.7 Å². The summed E-state index contributed by atoms with van der Waals surface area (Å²) in [6.45, 7) is 7.00. The van der Waals surface area contributed by atoms with Crippen LogP contribution in [0.5, 0.6) is 17.2 Å². The average molecular weight is 423 g/mol. The largest absolute Gasteiger partial charge is 0.490 e. The Labute approximate surface area is 171 Å². The summed E-state index contributed by atoms with van der Waals surface area (Å²) in [5, 5.41) is 7.88. The van der Waals surface area contributed by atoms with Crippen molar-refractivity contribution in [3.63, 3.8) is 0 Å². The van der Waals surface area contributed by atoms with E-state index >= 15 is 0 Å². The SMILES string of the molecule is CCOc1cc(C(=O)NCc2ccc(S(N)(=O)=O)cc2)cc(OCC)c1OCC. The van der Waals surface area contributed by atoms with Gasteiger partial charge < -0.3 is 19.5 Å². The van der Waals surface area contributed by atoms with Crippen molar-refractivity contribution >= 4 is 15.9 Å². The van der Waals surface area contributed by atoms with E-state index in [9.17, 15) is 13.2 Å². The molecule has 2 rings (SSSR count). The van der Waals surface area contributed by atoms with Crippen molar-refractivity contribution in [2.24, 2.45) is 5.14 Å². The number of hydrogen-bond acceptors (Lipinski definition) is 6. The molecule has 2 aromatic rings. The molecular weight excluding hydrogens is 396 g/mol. The Morgan fingerprint density at radius 2 is 1.45 bits per heavy atom. The number of hydrogen-bond donors (Lipinski definition) is 2. The van der Waals surface area contributed by atoms with E-state index in [2.05, 4.69) is 5.32 Å². The Hall–Kier alpha value is -2.78. The molecule has 1 amide bonds. The van der Waals surface area contributed by atoms with Gasteiger partial charge in [0.25, 0.3) is 5.91 Å². The fourth-order valence-corrected chi connectivity index (χ4v) is 3.12. The van der Waals surface area contributed by atoms with E-state index in [-0.39, 0.29) is 17.3 Å². The fourth-order valence-electron chi connectivity index (χ4n) is 2.60. The van der Waals surface area contributed by atoms with Crippen LogP contribution >= 0.6 is 0 Å². The van der Waals surface area contributed by atoms with Gasteiger partial charge in [-0.05, 0) is 50.6 Å². The minimum absolute atomic E-state index is 0.0156. The minimum atomic E-state index is -3.75. The van der Waals surface area contributed by atoms with Gasteiger partial charge in [-0.1, -0.05) is 12.1 Å². The molecular formula is C20H26N2O6S. The number of carbonyl (C=O) groups is 1. The second kappa shape index (κ2) is 10.1. The first kappa shape index (κ1) is 22.5. The summed E-state index contributed by atoms with van der Waals surface area (Å²) in [5.41, 5.74) is 1.09. The van der Waals surface area contributed by atoms with Crippen LogP contribution in [0.15, 0.2) is 41.3 Å². The summed E-state index contributed by atoms with van der Waals surface area (Å²) in [6.07, 6.45) is 0. The number of primary sulfonamides is 1. The molecule has 0 unspecified atom stereocenters. The smallest absolute Gasteiger partial charge is 0.251 e. The van der Waals surface area contributed by atoms with Crippen LogP contribution in [0.2, 0.25) is 0 Å².